The van der Waals surface area contributed by atoms with Crippen LogP contribution in [0.2, 0.25) is 0 Å². The molecule has 0 aromatic carbocycles. The molecule has 0 bridgehead atoms. The summed E-state index contributed by atoms with van der Waals surface area (Å²) >= 11 is 0. The van der Waals surface area contributed by atoms with Crippen molar-refractivity contribution < 1.29 is 36.8 Å². The fourth-order valence-electron chi connectivity index (χ4n) is 0.0340. The smallest absolute Gasteiger partial charge is 0.815 e. The number of hydrogen-bond donors (Lipinski definition) is 0. The van der Waals surface area contributed by atoms with E-state index in [2.05, 4.69) is 9.78 Å². The molecule has 0 unspecified atom stereocenters. The average Bonchev–Trinajstić information content (AvgIpc) is 1.76. The molecule has 0 aromatic heterocycles. The van der Waals surface area contributed by atoms with E-state index in [0.29, 0.717) is 0 Å². The molecule has 0 spiro atoms. The van der Waals surface area contributed by atoms with Gasteiger partial charge in [0.1, 0.15) is 0 Å². The van der Waals surface area contributed by atoms with Gasteiger partial charge in [0.2, 0.25) is 0 Å². The minimum absolute atomic E-state index is 0. The van der Waals surface area contributed by atoms with Crippen LogP contribution >= 0.6 is 0 Å². The molecule has 1 fully saturated rings. The van der Waals surface area contributed by atoms with Crippen molar-refractivity contribution in [1.82, 2.24) is 0 Å². The van der Waals surface area contributed by atoms with Gasteiger partial charge in [-0.1, -0.05) is 0 Å². The minimum Gasteiger partial charge on any atom is -0.815 e. The van der Waals surface area contributed by atoms with Crippen molar-refractivity contribution in [3.05, 3.63) is 0 Å². The van der Waals surface area contributed by atoms with Crippen LogP contribution in [0.5, 0.6) is 0 Å². The van der Waals surface area contributed by atoms with Crippen LogP contribution in [0.1, 0.15) is 0 Å². The van der Waals surface area contributed by atoms with Crippen molar-refractivity contribution in [3.8, 4) is 0 Å². The third-order valence-corrected chi connectivity index (χ3v) is 0.219. The molecule has 1 heterocycles. The maximum atomic E-state index is 9.22. The molecule has 6 heavy (non-hydrogen) atoms. The largest absolute Gasteiger partial charge is 2.00 e. The fraction of sp³-hybridized carbons (Fsp3) is 1.00. The predicted octanol–water partition coefficient (Wildman–Crippen LogP) is -2.72. The quantitative estimate of drug-likeness (QED) is 0.205. The van der Waals surface area contributed by atoms with Gasteiger partial charge in [0.15, 0.2) is 0 Å². The van der Waals surface area contributed by atoms with Crippen LogP contribution in [-0.2, 0) is 26.6 Å². The normalized spacial score (nSPS) is 25.0. The van der Waals surface area contributed by atoms with Crippen LogP contribution in [-0.4, -0.2) is 6.16 Å². The Bertz CT molecular complexity index is 45.5. The second-order valence-corrected chi connectivity index (χ2v) is 0.667. The summed E-state index contributed by atoms with van der Waals surface area (Å²) in [5.74, 6) is 0. The minimum atomic E-state index is -2.75. The molecule has 1 saturated heterocycles. The van der Waals surface area contributed by atoms with Gasteiger partial charge in [-0.25, -0.2) is 9.78 Å². The van der Waals surface area contributed by atoms with E-state index >= 15 is 0 Å². The fourth-order valence-corrected chi connectivity index (χ4v) is 0.0340. The second-order valence-electron chi connectivity index (χ2n) is 0.667. The zero-order valence-corrected chi connectivity index (χ0v) is 3.51. The van der Waals surface area contributed by atoms with Crippen LogP contribution in [0.25, 0.3) is 0 Å². The van der Waals surface area contributed by atoms with Crippen molar-refractivity contribution in [3.63, 3.8) is 0 Å². The SMILES string of the molecule is [Co+2].[O-]C1([O-])OO1. The third kappa shape index (κ3) is 1.70. The van der Waals surface area contributed by atoms with E-state index < -0.39 is 6.16 Å². The Morgan fingerprint density at radius 3 is 1.33 bits per heavy atom. The molecule has 0 aliphatic carbocycles. The molecule has 5 heteroatoms. The Balaban J connectivity index is 0.000000250. The zero-order chi connectivity index (χ0) is 3.91. The Morgan fingerprint density at radius 1 is 1.17 bits per heavy atom. The van der Waals surface area contributed by atoms with Crippen molar-refractivity contribution in [2.24, 2.45) is 0 Å². The first-order valence-electron chi connectivity index (χ1n) is 0.983. The third-order valence-electron chi connectivity index (χ3n) is 0.219. The van der Waals surface area contributed by atoms with E-state index in [4.69, 9.17) is 0 Å². The van der Waals surface area contributed by atoms with Gasteiger partial charge in [-0.2, -0.15) is 0 Å². The van der Waals surface area contributed by atoms with E-state index in [1.807, 2.05) is 0 Å². The molecule has 0 N–H and O–H groups in total. The van der Waals surface area contributed by atoms with Crippen molar-refractivity contribution in [1.29, 1.82) is 0 Å². The van der Waals surface area contributed by atoms with Gasteiger partial charge < -0.3 is 10.2 Å². The monoisotopic (exact) mass is 135 g/mol. The molecular weight excluding hydrogens is 135 g/mol. The molecule has 37 valence electrons. The first-order chi connectivity index (χ1) is 2.21. The second kappa shape index (κ2) is 1.45. The molecule has 0 amide bonds. The first-order valence-corrected chi connectivity index (χ1v) is 0.983. The summed E-state index contributed by atoms with van der Waals surface area (Å²) < 4.78 is 0. The van der Waals surface area contributed by atoms with Gasteiger partial charge in [-0.3, -0.25) is 0 Å². The van der Waals surface area contributed by atoms with Crippen LogP contribution in [0, 0.1) is 0 Å². The van der Waals surface area contributed by atoms with Crippen LogP contribution in [0.3, 0.4) is 0 Å². The Kier molecular flexibility index (Phi) is 1.53. The molecule has 1 aliphatic heterocycles. The summed E-state index contributed by atoms with van der Waals surface area (Å²) in [5, 5.41) is 18.4. The zero-order valence-electron chi connectivity index (χ0n) is 2.47. The topological polar surface area (TPSA) is 71.2 Å². The van der Waals surface area contributed by atoms with E-state index in [1.54, 1.807) is 0 Å². The van der Waals surface area contributed by atoms with Crippen LogP contribution < -0.4 is 10.2 Å². The average molecular weight is 135 g/mol. The Labute approximate surface area is 43.8 Å². The summed E-state index contributed by atoms with van der Waals surface area (Å²) in [5.41, 5.74) is 0. The number of rotatable bonds is 0. The van der Waals surface area contributed by atoms with Gasteiger partial charge in [-0.05, 0) is 0 Å². The van der Waals surface area contributed by atoms with Crippen molar-refractivity contribution >= 4 is 0 Å². The van der Waals surface area contributed by atoms with Gasteiger partial charge in [-0.15, -0.1) is 0 Å². The van der Waals surface area contributed by atoms with E-state index in [-0.39, 0.29) is 16.8 Å². The number of hydrogen-bond acceptors (Lipinski definition) is 4. The van der Waals surface area contributed by atoms with Crippen LogP contribution in [0.15, 0.2) is 0 Å². The summed E-state index contributed by atoms with van der Waals surface area (Å²) in [4.78, 5) is 6.57. The maximum absolute atomic E-state index is 9.22. The molecular formula is CCoO4. The van der Waals surface area contributed by atoms with E-state index in [0.717, 1.165) is 0 Å². The summed E-state index contributed by atoms with van der Waals surface area (Å²) in [6, 6.07) is 0. The summed E-state index contributed by atoms with van der Waals surface area (Å²) in [6.07, 6.45) is -2.75. The Morgan fingerprint density at radius 2 is 1.33 bits per heavy atom. The molecule has 4 nitrogen and oxygen atoms in total. The molecule has 1 radical (unpaired) electrons. The van der Waals surface area contributed by atoms with Crippen molar-refractivity contribution in [2.45, 2.75) is 6.16 Å². The maximum Gasteiger partial charge on any atom is 2.00 e. The molecule has 0 aromatic rings. The molecule has 1 rings (SSSR count). The van der Waals surface area contributed by atoms with Crippen LogP contribution in [0.4, 0.5) is 0 Å². The Hall–Kier alpha value is 0.346. The first kappa shape index (κ1) is 6.35. The molecule has 0 atom stereocenters. The van der Waals surface area contributed by atoms with Gasteiger partial charge in [0.25, 0.3) is 0 Å². The van der Waals surface area contributed by atoms with Gasteiger partial charge in [0, 0.05) is 0 Å². The van der Waals surface area contributed by atoms with E-state index in [1.165, 1.54) is 0 Å². The summed E-state index contributed by atoms with van der Waals surface area (Å²) in [6.45, 7) is 0. The molecule has 0 saturated carbocycles. The predicted molar refractivity (Wildman–Crippen MR) is 4.90 cm³/mol. The summed E-state index contributed by atoms with van der Waals surface area (Å²) in [7, 11) is 0. The standard InChI is InChI=1S/CO4.Co/c2-1(3)4-5-1;/q-2;+2. The molecule has 1 aliphatic rings. The van der Waals surface area contributed by atoms with E-state index in [9.17, 15) is 10.2 Å². The van der Waals surface area contributed by atoms with Gasteiger partial charge in [0.05, 0.1) is 6.16 Å². The van der Waals surface area contributed by atoms with Gasteiger partial charge >= 0.3 is 16.8 Å². The van der Waals surface area contributed by atoms with Crippen molar-refractivity contribution in [2.75, 3.05) is 0 Å².